The van der Waals surface area contributed by atoms with Crippen LogP contribution in [0.2, 0.25) is 0 Å². The highest BCUT2D eigenvalue weighted by molar-refractivity contribution is 5.85. The van der Waals surface area contributed by atoms with Crippen LogP contribution in [0, 0.1) is 5.92 Å². The second-order valence-corrected chi connectivity index (χ2v) is 6.71. The van der Waals surface area contributed by atoms with Gasteiger partial charge in [-0.25, -0.2) is 0 Å². The Hall–Kier alpha value is -0.690. The summed E-state index contributed by atoms with van der Waals surface area (Å²) in [6.07, 6.45) is 1.05. The van der Waals surface area contributed by atoms with Gasteiger partial charge in [-0.15, -0.1) is 38.0 Å². The number of halogens is 5. The van der Waals surface area contributed by atoms with E-state index in [1.54, 1.807) is 6.07 Å². The third kappa shape index (κ3) is 6.19. The van der Waals surface area contributed by atoms with Gasteiger partial charge in [-0.2, -0.15) is 0 Å². The number of para-hydroxylation sites is 1. The second kappa shape index (κ2) is 10.6. The third-order valence-electron chi connectivity index (χ3n) is 5.10. The maximum absolute atomic E-state index is 12.8. The quantitative estimate of drug-likeness (QED) is 0.753. The average Bonchev–Trinajstić information content (AvgIpc) is 2.57. The molecule has 1 saturated heterocycles. The molecule has 0 radical (unpaired) electrons. The molecule has 0 amide bonds. The molecule has 1 saturated carbocycles. The van der Waals surface area contributed by atoms with Crippen molar-refractivity contribution in [2.75, 3.05) is 26.2 Å². The van der Waals surface area contributed by atoms with Gasteiger partial charge in [-0.3, -0.25) is 4.90 Å². The summed E-state index contributed by atoms with van der Waals surface area (Å²) in [5, 5.41) is 3.32. The van der Waals surface area contributed by atoms with Crippen molar-refractivity contribution in [3.05, 3.63) is 29.8 Å². The van der Waals surface area contributed by atoms with Crippen molar-refractivity contribution in [2.24, 2.45) is 5.92 Å². The Morgan fingerprint density at radius 3 is 2.23 bits per heavy atom. The van der Waals surface area contributed by atoms with E-state index in [-0.39, 0.29) is 36.6 Å². The predicted octanol–water partition coefficient (Wildman–Crippen LogP) is 4.96. The lowest BCUT2D eigenvalue weighted by Crippen LogP contribution is -2.47. The number of nitrogens with one attached hydrogen (secondary N) is 1. The van der Waals surface area contributed by atoms with E-state index in [0.717, 1.165) is 51.9 Å². The van der Waals surface area contributed by atoms with Gasteiger partial charge < -0.3 is 10.1 Å². The van der Waals surface area contributed by atoms with Crippen LogP contribution >= 0.6 is 24.8 Å². The summed E-state index contributed by atoms with van der Waals surface area (Å²) in [7, 11) is 0. The molecule has 0 aromatic heterocycles. The number of benzene rings is 1. The number of nitrogens with zero attached hydrogens (tertiary/aromatic N) is 1. The molecule has 150 valence electrons. The fourth-order valence-corrected chi connectivity index (χ4v) is 4.10. The number of hydrogen-bond acceptors (Lipinski definition) is 3. The van der Waals surface area contributed by atoms with Gasteiger partial charge in [-0.1, -0.05) is 37.5 Å². The number of hydrogen-bond donors (Lipinski definition) is 1. The summed E-state index contributed by atoms with van der Waals surface area (Å²) in [5.41, 5.74) is 0.684. The summed E-state index contributed by atoms with van der Waals surface area (Å²) in [6.45, 7) is 3.49. The average molecular weight is 415 g/mol. The van der Waals surface area contributed by atoms with Gasteiger partial charge in [0.15, 0.2) is 0 Å². The fraction of sp³-hybridized carbons (Fsp3) is 0.667. The number of ether oxygens (including phenoxy) is 1. The zero-order valence-electron chi connectivity index (χ0n) is 14.6. The highest BCUT2D eigenvalue weighted by Gasteiger charge is 2.36. The minimum atomic E-state index is -4.66. The maximum Gasteiger partial charge on any atom is 0.573 e. The minimum absolute atomic E-state index is 0. The first kappa shape index (κ1) is 23.3. The molecule has 2 fully saturated rings. The lowest BCUT2D eigenvalue weighted by atomic mass is 9.80. The van der Waals surface area contributed by atoms with Crippen molar-refractivity contribution in [3.8, 4) is 5.75 Å². The predicted molar refractivity (Wildman–Crippen MR) is 101 cm³/mol. The first-order valence-corrected chi connectivity index (χ1v) is 8.84. The van der Waals surface area contributed by atoms with Crippen LogP contribution in [0.4, 0.5) is 13.2 Å². The van der Waals surface area contributed by atoms with Crippen LogP contribution in [0.15, 0.2) is 24.3 Å². The van der Waals surface area contributed by atoms with E-state index in [2.05, 4.69) is 15.0 Å². The lowest BCUT2D eigenvalue weighted by molar-refractivity contribution is -0.275. The third-order valence-corrected chi connectivity index (χ3v) is 5.10. The van der Waals surface area contributed by atoms with Crippen LogP contribution < -0.4 is 10.1 Å². The van der Waals surface area contributed by atoms with Gasteiger partial charge in [0.2, 0.25) is 0 Å². The minimum Gasteiger partial charge on any atom is -0.405 e. The molecule has 0 bridgehead atoms. The van der Waals surface area contributed by atoms with Crippen LogP contribution in [0.1, 0.15) is 43.7 Å². The zero-order chi connectivity index (χ0) is 17.0. The van der Waals surface area contributed by atoms with E-state index in [9.17, 15) is 13.2 Å². The van der Waals surface area contributed by atoms with E-state index in [4.69, 9.17) is 0 Å². The van der Waals surface area contributed by atoms with Crippen LogP contribution in [0.5, 0.6) is 5.75 Å². The Morgan fingerprint density at radius 2 is 1.62 bits per heavy atom. The molecule has 0 spiro atoms. The molecule has 3 nitrogen and oxygen atoms in total. The molecule has 1 N–H and O–H groups in total. The van der Waals surface area contributed by atoms with E-state index in [1.165, 1.54) is 12.5 Å². The van der Waals surface area contributed by atoms with E-state index in [0.29, 0.717) is 11.5 Å². The Balaban J connectivity index is 0.00000169. The first-order valence-electron chi connectivity index (χ1n) is 8.84. The number of piperazine rings is 1. The molecule has 0 unspecified atom stereocenters. The Labute approximate surface area is 165 Å². The molecular formula is C18H27Cl2F3N2O. The fourth-order valence-electron chi connectivity index (χ4n) is 4.10. The van der Waals surface area contributed by atoms with Crippen molar-refractivity contribution < 1.29 is 17.9 Å². The van der Waals surface area contributed by atoms with Gasteiger partial charge in [0, 0.05) is 37.8 Å². The van der Waals surface area contributed by atoms with Crippen LogP contribution in [0.25, 0.3) is 0 Å². The highest BCUT2D eigenvalue weighted by Crippen LogP contribution is 2.42. The highest BCUT2D eigenvalue weighted by atomic mass is 35.5. The van der Waals surface area contributed by atoms with Crippen molar-refractivity contribution in [3.63, 3.8) is 0 Å². The number of rotatable bonds is 4. The van der Waals surface area contributed by atoms with Crippen molar-refractivity contribution >= 4 is 24.8 Å². The molecule has 8 heteroatoms. The molecule has 1 atom stereocenters. The van der Waals surface area contributed by atoms with Gasteiger partial charge in [0.05, 0.1) is 0 Å². The van der Waals surface area contributed by atoms with Crippen molar-refractivity contribution in [1.29, 1.82) is 0 Å². The molecule has 1 heterocycles. The van der Waals surface area contributed by atoms with E-state index in [1.807, 2.05) is 12.1 Å². The van der Waals surface area contributed by atoms with Crippen LogP contribution in [-0.4, -0.2) is 37.4 Å². The molecule has 3 rings (SSSR count). The Bertz CT molecular complexity index is 515. The first-order chi connectivity index (χ1) is 11.5. The smallest absolute Gasteiger partial charge is 0.405 e. The summed E-state index contributed by atoms with van der Waals surface area (Å²) < 4.78 is 42.8. The number of alkyl halides is 3. The lowest BCUT2D eigenvalue weighted by Gasteiger charge is -2.41. The molecular weight excluding hydrogens is 388 g/mol. The normalized spacial score (nSPS) is 20.6. The van der Waals surface area contributed by atoms with Gasteiger partial charge >= 0.3 is 6.36 Å². The standard InChI is InChI=1S/C18H25F3N2O.2ClH/c19-18(20,21)24-16-9-5-4-8-15(16)17(14-6-2-1-3-7-14)23-12-10-22-11-13-23;;/h4-5,8-9,14,17,22H,1-3,6-7,10-13H2;2*1H/t17-;;/m0../s1. The molecule has 1 aromatic rings. The van der Waals surface area contributed by atoms with Crippen LogP contribution in [-0.2, 0) is 0 Å². The van der Waals surface area contributed by atoms with E-state index < -0.39 is 6.36 Å². The SMILES string of the molecule is Cl.Cl.FC(F)(F)Oc1ccccc1[C@H](C1CCCCC1)N1CCNCC1. The van der Waals surface area contributed by atoms with Gasteiger partial charge in [0.1, 0.15) is 5.75 Å². The summed E-state index contributed by atoms with van der Waals surface area (Å²) in [6, 6.07) is 6.69. The topological polar surface area (TPSA) is 24.5 Å². The largest absolute Gasteiger partial charge is 0.573 e. The maximum atomic E-state index is 12.8. The second-order valence-electron chi connectivity index (χ2n) is 6.71. The summed E-state index contributed by atoms with van der Waals surface area (Å²) in [5.74, 6) is 0.355. The molecule has 2 aliphatic rings. The van der Waals surface area contributed by atoms with Crippen molar-refractivity contribution in [1.82, 2.24) is 10.2 Å². The Morgan fingerprint density at radius 1 is 1.00 bits per heavy atom. The summed E-state index contributed by atoms with van der Waals surface area (Å²) in [4.78, 5) is 2.34. The zero-order valence-corrected chi connectivity index (χ0v) is 16.3. The van der Waals surface area contributed by atoms with E-state index >= 15 is 0 Å². The summed E-state index contributed by atoms with van der Waals surface area (Å²) >= 11 is 0. The molecule has 26 heavy (non-hydrogen) atoms. The molecule has 1 aromatic carbocycles. The molecule has 1 aliphatic heterocycles. The van der Waals surface area contributed by atoms with Gasteiger partial charge in [-0.05, 0) is 24.8 Å². The van der Waals surface area contributed by atoms with Gasteiger partial charge in [0.25, 0.3) is 0 Å². The van der Waals surface area contributed by atoms with Crippen molar-refractivity contribution in [2.45, 2.75) is 44.5 Å². The van der Waals surface area contributed by atoms with Crippen LogP contribution in [0.3, 0.4) is 0 Å². The Kier molecular flexibility index (Phi) is 9.51. The monoisotopic (exact) mass is 414 g/mol. The molecule has 1 aliphatic carbocycles.